The third-order valence-electron chi connectivity index (χ3n) is 4.12. The maximum Gasteiger partial charge on any atom is 0.323 e. The Balaban J connectivity index is 1.71. The summed E-state index contributed by atoms with van der Waals surface area (Å²) < 4.78 is 1.71. The van der Waals surface area contributed by atoms with Gasteiger partial charge < -0.3 is 10.6 Å². The van der Waals surface area contributed by atoms with Gasteiger partial charge in [0.2, 0.25) is 0 Å². The lowest BCUT2D eigenvalue weighted by molar-refractivity contribution is 0.262. The van der Waals surface area contributed by atoms with Crippen molar-refractivity contribution in [2.75, 3.05) is 10.6 Å². The van der Waals surface area contributed by atoms with Crippen molar-refractivity contribution in [1.29, 1.82) is 0 Å². The minimum atomic E-state index is -0.296. The van der Waals surface area contributed by atoms with Gasteiger partial charge in [-0.3, -0.25) is 4.68 Å². The summed E-state index contributed by atoms with van der Waals surface area (Å²) in [6.45, 7) is 4.27. The van der Waals surface area contributed by atoms with Crippen LogP contribution in [0.5, 0.6) is 0 Å². The first-order chi connectivity index (χ1) is 12.4. The summed E-state index contributed by atoms with van der Waals surface area (Å²) in [7, 11) is 1.83. The average Bonchev–Trinajstić information content (AvgIpc) is 2.94. The molecular weight excluding hydrogens is 348 g/mol. The fraction of sp³-hybridized carbons (Fsp3) is 0.200. The van der Waals surface area contributed by atoms with Crippen LogP contribution in [-0.4, -0.2) is 15.8 Å². The predicted molar refractivity (Wildman–Crippen MR) is 107 cm³/mol. The summed E-state index contributed by atoms with van der Waals surface area (Å²) in [5, 5.41) is 10.4. The van der Waals surface area contributed by atoms with Crippen LogP contribution in [0.4, 0.5) is 16.2 Å². The molecule has 2 N–H and O–H groups in total. The SMILES string of the molecule is CC(C)c1ccc(NC(=O)Nc2cccc(-c3c(Cl)cnn3C)c2)cc1. The van der Waals surface area contributed by atoms with E-state index >= 15 is 0 Å². The Morgan fingerprint density at radius 1 is 1.08 bits per heavy atom. The Morgan fingerprint density at radius 2 is 1.77 bits per heavy atom. The highest BCUT2D eigenvalue weighted by Crippen LogP contribution is 2.28. The highest BCUT2D eigenvalue weighted by Gasteiger charge is 2.10. The highest BCUT2D eigenvalue weighted by atomic mass is 35.5. The van der Waals surface area contributed by atoms with Crippen LogP contribution >= 0.6 is 11.6 Å². The topological polar surface area (TPSA) is 59.0 Å². The number of nitrogens with zero attached hydrogens (tertiary/aromatic N) is 2. The molecule has 3 rings (SSSR count). The molecule has 134 valence electrons. The molecule has 0 saturated carbocycles. The van der Waals surface area contributed by atoms with E-state index in [2.05, 4.69) is 29.6 Å². The average molecular weight is 369 g/mol. The first-order valence-electron chi connectivity index (χ1n) is 8.40. The zero-order chi connectivity index (χ0) is 18.7. The van der Waals surface area contributed by atoms with E-state index in [0.717, 1.165) is 16.9 Å². The minimum Gasteiger partial charge on any atom is -0.308 e. The number of halogens is 1. The molecule has 0 radical (unpaired) electrons. The van der Waals surface area contributed by atoms with E-state index in [1.165, 1.54) is 5.56 Å². The maximum atomic E-state index is 12.3. The van der Waals surface area contributed by atoms with Crippen LogP contribution in [0.3, 0.4) is 0 Å². The molecule has 2 amide bonds. The van der Waals surface area contributed by atoms with Crippen LogP contribution in [0.25, 0.3) is 11.3 Å². The lowest BCUT2D eigenvalue weighted by Crippen LogP contribution is -2.19. The van der Waals surface area contributed by atoms with E-state index in [0.29, 0.717) is 16.6 Å². The van der Waals surface area contributed by atoms with Gasteiger partial charge >= 0.3 is 6.03 Å². The van der Waals surface area contributed by atoms with Crippen molar-refractivity contribution in [3.05, 3.63) is 65.3 Å². The molecule has 0 spiro atoms. The van der Waals surface area contributed by atoms with Crippen LogP contribution < -0.4 is 10.6 Å². The molecule has 0 fully saturated rings. The fourth-order valence-corrected chi connectivity index (χ4v) is 3.00. The molecule has 0 saturated heterocycles. The second kappa shape index (κ2) is 7.62. The smallest absolute Gasteiger partial charge is 0.308 e. The van der Waals surface area contributed by atoms with E-state index in [-0.39, 0.29) is 6.03 Å². The lowest BCUT2D eigenvalue weighted by atomic mass is 10.0. The molecule has 0 aliphatic carbocycles. The number of nitrogens with one attached hydrogen (secondary N) is 2. The molecule has 0 aliphatic heterocycles. The van der Waals surface area contributed by atoms with Crippen molar-refractivity contribution < 1.29 is 4.79 Å². The molecule has 3 aromatic rings. The molecule has 2 aromatic carbocycles. The molecule has 26 heavy (non-hydrogen) atoms. The summed E-state index contributed by atoms with van der Waals surface area (Å²) >= 11 is 6.20. The summed E-state index contributed by atoms with van der Waals surface area (Å²) in [5.74, 6) is 0.458. The zero-order valence-corrected chi connectivity index (χ0v) is 15.7. The van der Waals surface area contributed by atoms with E-state index < -0.39 is 0 Å². The molecule has 1 heterocycles. The Labute approximate surface area is 158 Å². The normalized spacial score (nSPS) is 10.8. The Hall–Kier alpha value is -2.79. The lowest BCUT2D eigenvalue weighted by Gasteiger charge is -2.11. The molecule has 6 heteroatoms. The van der Waals surface area contributed by atoms with Crippen molar-refractivity contribution in [3.63, 3.8) is 0 Å². The number of amides is 2. The summed E-state index contributed by atoms with van der Waals surface area (Å²) in [4.78, 5) is 12.3. The van der Waals surface area contributed by atoms with Crippen molar-refractivity contribution >= 4 is 29.0 Å². The van der Waals surface area contributed by atoms with Crippen molar-refractivity contribution in [3.8, 4) is 11.3 Å². The third kappa shape index (κ3) is 4.06. The largest absolute Gasteiger partial charge is 0.323 e. The number of rotatable bonds is 4. The molecule has 5 nitrogen and oxygen atoms in total. The number of carbonyl (C=O) groups excluding carboxylic acids is 1. The van der Waals surface area contributed by atoms with Gasteiger partial charge in [-0.1, -0.05) is 49.7 Å². The highest BCUT2D eigenvalue weighted by molar-refractivity contribution is 6.33. The van der Waals surface area contributed by atoms with Gasteiger partial charge in [0.25, 0.3) is 0 Å². The monoisotopic (exact) mass is 368 g/mol. The van der Waals surface area contributed by atoms with Crippen LogP contribution in [0.1, 0.15) is 25.3 Å². The van der Waals surface area contributed by atoms with Gasteiger partial charge in [-0.15, -0.1) is 0 Å². The fourth-order valence-electron chi connectivity index (χ4n) is 2.72. The predicted octanol–water partition coefficient (Wildman–Crippen LogP) is 5.51. The van der Waals surface area contributed by atoms with Crippen LogP contribution in [0.15, 0.2) is 54.7 Å². The van der Waals surface area contributed by atoms with Crippen molar-refractivity contribution in [2.24, 2.45) is 7.05 Å². The van der Waals surface area contributed by atoms with Crippen molar-refractivity contribution in [2.45, 2.75) is 19.8 Å². The minimum absolute atomic E-state index is 0.296. The molecule has 1 aromatic heterocycles. The molecule has 0 aliphatic rings. The van der Waals surface area contributed by atoms with E-state index in [1.54, 1.807) is 10.9 Å². The zero-order valence-electron chi connectivity index (χ0n) is 15.0. The Kier molecular flexibility index (Phi) is 5.28. The van der Waals surface area contributed by atoms with Gasteiger partial charge in [0.1, 0.15) is 0 Å². The summed E-state index contributed by atoms with van der Waals surface area (Å²) in [5.41, 5.74) is 4.35. The first-order valence-corrected chi connectivity index (χ1v) is 8.77. The molecular formula is C20H21ClN4O. The third-order valence-corrected chi connectivity index (χ3v) is 4.40. The van der Waals surface area contributed by atoms with Gasteiger partial charge in [-0.05, 0) is 35.7 Å². The second-order valence-electron chi connectivity index (χ2n) is 6.40. The van der Waals surface area contributed by atoms with E-state index in [1.807, 2.05) is 55.6 Å². The van der Waals surface area contributed by atoms with Crippen LogP contribution in [0.2, 0.25) is 5.02 Å². The van der Waals surface area contributed by atoms with Crippen LogP contribution in [-0.2, 0) is 7.05 Å². The van der Waals surface area contributed by atoms with Gasteiger partial charge in [0.15, 0.2) is 0 Å². The number of hydrogen-bond acceptors (Lipinski definition) is 2. The number of hydrogen-bond donors (Lipinski definition) is 2. The number of aryl methyl sites for hydroxylation is 1. The van der Waals surface area contributed by atoms with Gasteiger partial charge in [0, 0.05) is 24.0 Å². The maximum absolute atomic E-state index is 12.3. The van der Waals surface area contributed by atoms with Gasteiger partial charge in [-0.25, -0.2) is 4.79 Å². The number of benzene rings is 2. The molecule has 0 atom stereocenters. The van der Waals surface area contributed by atoms with E-state index in [9.17, 15) is 4.79 Å². The van der Waals surface area contributed by atoms with Crippen molar-refractivity contribution in [1.82, 2.24) is 9.78 Å². The first kappa shape index (κ1) is 18.0. The number of aromatic nitrogens is 2. The summed E-state index contributed by atoms with van der Waals surface area (Å²) in [6.07, 6.45) is 1.60. The second-order valence-corrected chi connectivity index (χ2v) is 6.81. The Morgan fingerprint density at radius 3 is 2.38 bits per heavy atom. The molecule has 0 unspecified atom stereocenters. The van der Waals surface area contributed by atoms with E-state index in [4.69, 9.17) is 11.6 Å². The number of anilines is 2. The Bertz CT molecular complexity index is 896. The van der Waals surface area contributed by atoms with Gasteiger partial charge in [-0.2, -0.15) is 5.10 Å². The quantitative estimate of drug-likeness (QED) is 0.638. The van der Waals surface area contributed by atoms with Gasteiger partial charge in [0.05, 0.1) is 16.9 Å². The standard InChI is InChI=1S/C20H21ClN4O/c1-13(2)14-7-9-16(10-8-14)23-20(26)24-17-6-4-5-15(11-17)19-18(21)12-22-25(19)3/h4-13H,1-3H3,(H2,23,24,26). The number of carbonyl (C=O) groups is 1. The molecule has 0 bridgehead atoms. The number of urea groups is 1. The summed E-state index contributed by atoms with van der Waals surface area (Å²) in [6, 6.07) is 15.0. The van der Waals surface area contributed by atoms with Crippen LogP contribution in [0, 0.1) is 0 Å².